The van der Waals surface area contributed by atoms with E-state index in [0.29, 0.717) is 12.0 Å². The van der Waals surface area contributed by atoms with Gasteiger partial charge in [-0.25, -0.2) is 0 Å². The van der Waals surface area contributed by atoms with E-state index < -0.39 is 0 Å². The van der Waals surface area contributed by atoms with Crippen molar-refractivity contribution in [3.63, 3.8) is 0 Å². The van der Waals surface area contributed by atoms with Crippen LogP contribution in [0.1, 0.15) is 18.9 Å². The highest BCUT2D eigenvalue weighted by atomic mass is 32.1. The third-order valence-corrected chi connectivity index (χ3v) is 4.80. The number of amides is 1. The first-order valence-corrected chi connectivity index (χ1v) is 8.15. The number of thiophene rings is 1. The van der Waals surface area contributed by atoms with E-state index in [1.807, 2.05) is 0 Å². The van der Waals surface area contributed by atoms with Gasteiger partial charge in [0.15, 0.2) is 0 Å². The summed E-state index contributed by atoms with van der Waals surface area (Å²) in [7, 11) is 4.28. The van der Waals surface area contributed by atoms with Gasteiger partial charge in [0.05, 0.1) is 0 Å². The van der Waals surface area contributed by atoms with Crippen molar-refractivity contribution in [3.8, 4) is 0 Å². The lowest BCUT2D eigenvalue weighted by molar-refractivity contribution is -0.119. The first kappa shape index (κ1) is 15.5. The molecule has 0 aromatic carbocycles. The molecule has 1 amide bonds. The highest BCUT2D eigenvalue weighted by molar-refractivity contribution is 7.07. The Morgan fingerprint density at radius 3 is 2.95 bits per heavy atom. The zero-order valence-corrected chi connectivity index (χ0v) is 13.4. The molecule has 1 fully saturated rings. The predicted octanol–water partition coefficient (Wildman–Crippen LogP) is 1.64. The molecule has 0 aliphatic carbocycles. The molecule has 1 aromatic heterocycles. The van der Waals surface area contributed by atoms with Gasteiger partial charge in [-0.1, -0.05) is 0 Å². The number of rotatable bonds is 5. The number of carbonyl (C=O) groups is 1. The van der Waals surface area contributed by atoms with Crippen LogP contribution in [0.15, 0.2) is 16.8 Å². The summed E-state index contributed by atoms with van der Waals surface area (Å²) in [5.41, 5.74) is 1.41. The number of hydrogen-bond donors (Lipinski definition) is 1. The summed E-state index contributed by atoms with van der Waals surface area (Å²) in [6.07, 6.45) is 1.15. The smallest absolute Gasteiger partial charge is 0.216 e. The van der Waals surface area contributed by atoms with Crippen molar-refractivity contribution in [3.05, 3.63) is 22.4 Å². The van der Waals surface area contributed by atoms with Crippen molar-refractivity contribution in [2.75, 3.05) is 33.7 Å². The van der Waals surface area contributed by atoms with Crippen LogP contribution in [-0.4, -0.2) is 55.5 Å². The highest BCUT2D eigenvalue weighted by Crippen LogP contribution is 2.22. The van der Waals surface area contributed by atoms with Crippen molar-refractivity contribution >= 4 is 17.2 Å². The van der Waals surface area contributed by atoms with Gasteiger partial charge in [-0.05, 0) is 55.4 Å². The molecule has 0 unspecified atom stereocenters. The van der Waals surface area contributed by atoms with Gasteiger partial charge in [0.2, 0.25) is 5.91 Å². The topological polar surface area (TPSA) is 35.6 Å². The predicted molar refractivity (Wildman–Crippen MR) is 83.9 cm³/mol. The average Bonchev–Trinajstić information content (AvgIpc) is 2.89. The van der Waals surface area contributed by atoms with Gasteiger partial charge in [0.1, 0.15) is 0 Å². The number of nitrogens with zero attached hydrogens (tertiary/aromatic N) is 2. The third kappa shape index (κ3) is 4.30. The van der Waals surface area contributed by atoms with Crippen LogP contribution in [-0.2, 0) is 11.3 Å². The van der Waals surface area contributed by atoms with E-state index in [4.69, 9.17) is 0 Å². The van der Waals surface area contributed by atoms with Crippen molar-refractivity contribution in [2.45, 2.75) is 25.9 Å². The number of piperidine rings is 1. The summed E-state index contributed by atoms with van der Waals surface area (Å²) in [4.78, 5) is 15.9. The molecule has 20 heavy (non-hydrogen) atoms. The number of hydrogen-bond acceptors (Lipinski definition) is 4. The van der Waals surface area contributed by atoms with Crippen LogP contribution in [0.25, 0.3) is 0 Å². The first-order valence-electron chi connectivity index (χ1n) is 7.20. The fraction of sp³-hybridized carbons (Fsp3) is 0.667. The Morgan fingerprint density at radius 2 is 2.35 bits per heavy atom. The second kappa shape index (κ2) is 7.20. The van der Waals surface area contributed by atoms with Crippen LogP contribution in [0.3, 0.4) is 0 Å². The molecule has 2 heterocycles. The molecule has 0 spiro atoms. The monoisotopic (exact) mass is 295 g/mol. The molecular weight excluding hydrogens is 270 g/mol. The Hall–Kier alpha value is -0.910. The Morgan fingerprint density at radius 1 is 1.55 bits per heavy atom. The summed E-state index contributed by atoms with van der Waals surface area (Å²) >= 11 is 1.76. The van der Waals surface area contributed by atoms with Gasteiger partial charge < -0.3 is 10.2 Å². The standard InChI is InChI=1S/C15H25N3OS/c1-12(19)16-8-14-4-6-18(10-15(14)17(2)3)9-13-5-7-20-11-13/h5,7,11,14-15H,4,6,8-10H2,1-3H3,(H,16,19)/t14-,15-/m1/s1. The molecule has 1 saturated heterocycles. The number of nitrogens with one attached hydrogen (secondary N) is 1. The average molecular weight is 295 g/mol. The van der Waals surface area contributed by atoms with Crippen LogP contribution in [0.5, 0.6) is 0 Å². The first-order chi connectivity index (χ1) is 9.56. The van der Waals surface area contributed by atoms with Crippen LogP contribution in [0.4, 0.5) is 0 Å². The minimum Gasteiger partial charge on any atom is -0.356 e. The molecular formula is C15H25N3OS. The second-order valence-corrected chi connectivity index (χ2v) is 6.66. The lowest BCUT2D eigenvalue weighted by Crippen LogP contribution is -2.52. The normalized spacial score (nSPS) is 24.0. The van der Waals surface area contributed by atoms with Gasteiger partial charge in [0.25, 0.3) is 0 Å². The number of likely N-dealkylation sites (tertiary alicyclic amines) is 1. The van der Waals surface area contributed by atoms with Crippen LogP contribution in [0.2, 0.25) is 0 Å². The Balaban J connectivity index is 1.91. The van der Waals surface area contributed by atoms with Gasteiger partial charge >= 0.3 is 0 Å². The zero-order valence-electron chi connectivity index (χ0n) is 12.6. The molecule has 1 aliphatic heterocycles. The lowest BCUT2D eigenvalue weighted by atomic mass is 9.90. The fourth-order valence-corrected chi connectivity index (χ4v) is 3.59. The molecule has 0 radical (unpaired) electrons. The second-order valence-electron chi connectivity index (χ2n) is 5.88. The lowest BCUT2D eigenvalue weighted by Gasteiger charge is -2.41. The molecule has 112 valence electrons. The Kier molecular flexibility index (Phi) is 5.57. The number of carbonyl (C=O) groups excluding carboxylic acids is 1. The van der Waals surface area contributed by atoms with E-state index in [9.17, 15) is 4.79 Å². The van der Waals surface area contributed by atoms with Gasteiger partial charge in [-0.3, -0.25) is 9.69 Å². The molecule has 1 aromatic rings. The van der Waals surface area contributed by atoms with Crippen molar-refractivity contribution in [1.82, 2.24) is 15.1 Å². The molecule has 0 bridgehead atoms. The minimum atomic E-state index is 0.0724. The minimum absolute atomic E-state index is 0.0724. The maximum Gasteiger partial charge on any atom is 0.216 e. The molecule has 2 rings (SSSR count). The molecule has 1 N–H and O–H groups in total. The fourth-order valence-electron chi connectivity index (χ4n) is 2.93. The largest absolute Gasteiger partial charge is 0.356 e. The van der Waals surface area contributed by atoms with Gasteiger partial charge in [-0.15, -0.1) is 0 Å². The molecule has 5 heteroatoms. The van der Waals surface area contributed by atoms with Crippen molar-refractivity contribution in [2.24, 2.45) is 5.92 Å². The third-order valence-electron chi connectivity index (χ3n) is 4.07. The van der Waals surface area contributed by atoms with E-state index in [1.54, 1.807) is 18.3 Å². The number of likely N-dealkylation sites (N-methyl/N-ethyl adjacent to an activating group) is 1. The van der Waals surface area contributed by atoms with Gasteiger partial charge in [0, 0.05) is 32.6 Å². The van der Waals surface area contributed by atoms with E-state index in [-0.39, 0.29) is 5.91 Å². The van der Waals surface area contributed by atoms with Crippen molar-refractivity contribution in [1.29, 1.82) is 0 Å². The Labute approximate surface area is 125 Å². The SMILES string of the molecule is CC(=O)NC[C@H]1CCN(Cc2ccsc2)C[C@H]1N(C)C. The summed E-state index contributed by atoms with van der Waals surface area (Å²) in [5.74, 6) is 0.621. The molecule has 1 aliphatic rings. The van der Waals surface area contributed by atoms with E-state index >= 15 is 0 Å². The van der Waals surface area contributed by atoms with E-state index in [1.165, 1.54) is 5.56 Å². The van der Waals surface area contributed by atoms with E-state index in [2.05, 4.69) is 46.0 Å². The summed E-state index contributed by atoms with van der Waals surface area (Å²) in [5, 5.41) is 7.35. The van der Waals surface area contributed by atoms with Crippen LogP contribution < -0.4 is 5.32 Å². The molecule has 0 saturated carbocycles. The van der Waals surface area contributed by atoms with Crippen molar-refractivity contribution < 1.29 is 4.79 Å². The maximum atomic E-state index is 11.1. The zero-order chi connectivity index (χ0) is 14.5. The summed E-state index contributed by atoms with van der Waals surface area (Å²) in [6.45, 7) is 5.62. The van der Waals surface area contributed by atoms with Crippen LogP contribution in [0, 0.1) is 5.92 Å². The van der Waals surface area contributed by atoms with Gasteiger partial charge in [-0.2, -0.15) is 11.3 Å². The molecule has 2 atom stereocenters. The van der Waals surface area contributed by atoms with Crippen LogP contribution >= 0.6 is 11.3 Å². The summed E-state index contributed by atoms with van der Waals surface area (Å²) in [6, 6.07) is 2.72. The maximum absolute atomic E-state index is 11.1. The quantitative estimate of drug-likeness (QED) is 0.897. The summed E-state index contributed by atoms with van der Waals surface area (Å²) < 4.78 is 0. The highest BCUT2D eigenvalue weighted by Gasteiger charge is 2.30. The Bertz CT molecular complexity index is 419. The molecule has 4 nitrogen and oxygen atoms in total. The van der Waals surface area contributed by atoms with E-state index in [0.717, 1.165) is 32.6 Å².